The van der Waals surface area contributed by atoms with Gasteiger partial charge in [-0.1, -0.05) is 11.6 Å². The molecule has 1 aromatic heterocycles. The van der Waals surface area contributed by atoms with Crippen molar-refractivity contribution in [3.63, 3.8) is 0 Å². The van der Waals surface area contributed by atoms with E-state index in [2.05, 4.69) is 4.57 Å². The number of aryl methyl sites for hydroxylation is 1. The fraction of sp³-hybridized carbons (Fsp3) is 0.227. The van der Waals surface area contributed by atoms with Gasteiger partial charge in [0.05, 0.1) is 20.1 Å². The number of ether oxygens (including phenoxy) is 2. The Labute approximate surface area is 169 Å². The molecule has 146 valence electrons. The molecular formula is C22H22ClNO4. The second-order valence-corrected chi connectivity index (χ2v) is 6.72. The molecule has 28 heavy (non-hydrogen) atoms. The first-order valence-corrected chi connectivity index (χ1v) is 9.37. The predicted molar refractivity (Wildman–Crippen MR) is 109 cm³/mol. The number of benzene rings is 2. The van der Waals surface area contributed by atoms with Crippen molar-refractivity contribution in [2.24, 2.45) is 0 Å². The predicted octanol–water partition coefficient (Wildman–Crippen LogP) is 4.91. The second kappa shape index (κ2) is 9.33. The van der Waals surface area contributed by atoms with E-state index >= 15 is 0 Å². The van der Waals surface area contributed by atoms with Gasteiger partial charge in [0.2, 0.25) is 0 Å². The van der Waals surface area contributed by atoms with E-state index in [0.29, 0.717) is 24.6 Å². The molecule has 0 amide bonds. The Morgan fingerprint density at radius 2 is 1.68 bits per heavy atom. The Hall–Kier alpha value is -2.92. The lowest BCUT2D eigenvalue weighted by atomic mass is 10.1. The van der Waals surface area contributed by atoms with Gasteiger partial charge in [0, 0.05) is 16.4 Å². The van der Waals surface area contributed by atoms with Crippen LogP contribution in [-0.4, -0.2) is 29.4 Å². The molecule has 0 aliphatic rings. The zero-order valence-electron chi connectivity index (χ0n) is 15.6. The van der Waals surface area contributed by atoms with Gasteiger partial charge >= 0.3 is 5.97 Å². The summed E-state index contributed by atoms with van der Waals surface area (Å²) >= 11 is 5.90. The summed E-state index contributed by atoms with van der Waals surface area (Å²) in [5.74, 6) is 0.727. The molecule has 0 spiro atoms. The number of carbonyl (C=O) groups is 1. The number of carboxylic acid groups (broad SMARTS) is 1. The average molecular weight is 400 g/mol. The van der Waals surface area contributed by atoms with Crippen LogP contribution in [0.15, 0.2) is 60.7 Å². The average Bonchev–Trinajstić information content (AvgIpc) is 3.11. The van der Waals surface area contributed by atoms with Gasteiger partial charge in [0.1, 0.15) is 18.1 Å². The number of halogens is 1. The molecule has 0 fully saturated rings. The highest BCUT2D eigenvalue weighted by molar-refractivity contribution is 6.30. The van der Waals surface area contributed by atoms with Crippen LogP contribution in [0, 0.1) is 0 Å². The van der Waals surface area contributed by atoms with Crippen molar-refractivity contribution in [1.82, 2.24) is 4.57 Å². The van der Waals surface area contributed by atoms with Crippen LogP contribution >= 0.6 is 11.6 Å². The number of rotatable bonds is 9. The van der Waals surface area contributed by atoms with Crippen molar-refractivity contribution in [2.75, 3.05) is 13.7 Å². The highest BCUT2D eigenvalue weighted by Gasteiger charge is 2.12. The van der Waals surface area contributed by atoms with Crippen molar-refractivity contribution in [2.45, 2.75) is 19.4 Å². The molecule has 0 saturated heterocycles. The fourth-order valence-corrected chi connectivity index (χ4v) is 3.15. The summed E-state index contributed by atoms with van der Waals surface area (Å²) in [7, 11) is 1.63. The van der Waals surface area contributed by atoms with E-state index in [1.807, 2.05) is 48.5 Å². The van der Waals surface area contributed by atoms with Gasteiger partial charge in [-0.25, -0.2) is 0 Å². The molecule has 0 bridgehead atoms. The number of methoxy groups -OCH3 is 1. The molecule has 3 rings (SSSR count). The number of carboxylic acids is 1. The third-order valence-corrected chi connectivity index (χ3v) is 4.70. The van der Waals surface area contributed by atoms with Gasteiger partial charge in [0.15, 0.2) is 0 Å². The van der Waals surface area contributed by atoms with Crippen LogP contribution in [0.4, 0.5) is 0 Å². The number of aromatic nitrogens is 1. The van der Waals surface area contributed by atoms with Gasteiger partial charge in [0.25, 0.3) is 0 Å². The first-order valence-electron chi connectivity index (χ1n) is 9.00. The van der Waals surface area contributed by atoms with Crippen molar-refractivity contribution in [3.8, 4) is 22.8 Å². The lowest BCUT2D eigenvalue weighted by molar-refractivity contribution is -0.136. The van der Waals surface area contributed by atoms with Gasteiger partial charge < -0.3 is 19.1 Å². The maximum atomic E-state index is 11.0. The molecule has 0 atom stereocenters. The summed E-state index contributed by atoms with van der Waals surface area (Å²) < 4.78 is 13.2. The third kappa shape index (κ3) is 5.08. The van der Waals surface area contributed by atoms with Crippen molar-refractivity contribution in [3.05, 3.63) is 71.4 Å². The topological polar surface area (TPSA) is 60.7 Å². The molecular weight excluding hydrogens is 378 g/mol. The Morgan fingerprint density at radius 3 is 2.32 bits per heavy atom. The quantitative estimate of drug-likeness (QED) is 0.555. The molecule has 0 aliphatic heterocycles. The molecule has 1 heterocycles. The summed E-state index contributed by atoms with van der Waals surface area (Å²) in [5.41, 5.74) is 3.02. The standard InChI is InChI=1S/C22H22ClNO4/c1-27-19-8-2-16(3-9-19)21-12-6-18(7-13-22(25)26)24(21)14-15-28-20-10-4-17(23)5-11-20/h2-6,8-12H,7,13-15H2,1H3,(H,25,26). The Morgan fingerprint density at radius 1 is 1.00 bits per heavy atom. The third-order valence-electron chi connectivity index (χ3n) is 4.45. The van der Waals surface area contributed by atoms with Crippen LogP contribution in [0.5, 0.6) is 11.5 Å². The van der Waals surface area contributed by atoms with Crippen molar-refractivity contribution in [1.29, 1.82) is 0 Å². The number of aliphatic carboxylic acids is 1. The minimum atomic E-state index is -0.809. The summed E-state index contributed by atoms with van der Waals surface area (Å²) in [4.78, 5) is 11.0. The van der Waals surface area contributed by atoms with E-state index in [-0.39, 0.29) is 6.42 Å². The molecule has 0 radical (unpaired) electrons. The van der Waals surface area contributed by atoms with Gasteiger partial charge in [-0.05, 0) is 72.6 Å². The SMILES string of the molecule is COc1ccc(-c2ccc(CCC(=O)O)n2CCOc2ccc(Cl)cc2)cc1. The zero-order chi connectivity index (χ0) is 19.9. The number of hydrogen-bond acceptors (Lipinski definition) is 3. The van der Waals surface area contributed by atoms with E-state index in [4.69, 9.17) is 26.2 Å². The first kappa shape index (κ1) is 19.8. The molecule has 0 unspecified atom stereocenters. The lowest BCUT2D eigenvalue weighted by Crippen LogP contribution is -2.13. The largest absolute Gasteiger partial charge is 0.497 e. The summed E-state index contributed by atoms with van der Waals surface area (Å²) in [6.45, 7) is 1.06. The number of hydrogen-bond donors (Lipinski definition) is 1. The summed E-state index contributed by atoms with van der Waals surface area (Å²) in [6, 6.07) is 19.0. The normalized spacial score (nSPS) is 10.6. The monoisotopic (exact) mass is 399 g/mol. The van der Waals surface area contributed by atoms with Crippen molar-refractivity contribution >= 4 is 17.6 Å². The maximum Gasteiger partial charge on any atom is 0.303 e. The molecule has 1 N–H and O–H groups in total. The minimum absolute atomic E-state index is 0.0874. The maximum absolute atomic E-state index is 11.0. The highest BCUT2D eigenvalue weighted by atomic mass is 35.5. The van der Waals surface area contributed by atoms with E-state index in [1.54, 1.807) is 19.2 Å². The Balaban J connectivity index is 1.79. The number of nitrogens with zero attached hydrogens (tertiary/aromatic N) is 1. The van der Waals surface area contributed by atoms with Crippen LogP contribution < -0.4 is 9.47 Å². The Kier molecular flexibility index (Phi) is 6.61. The first-order chi connectivity index (χ1) is 13.6. The molecule has 6 heteroatoms. The summed E-state index contributed by atoms with van der Waals surface area (Å²) in [6.07, 6.45) is 0.552. The van der Waals surface area contributed by atoms with Crippen LogP contribution in [0.25, 0.3) is 11.3 Å². The molecule has 0 aliphatic carbocycles. The van der Waals surface area contributed by atoms with Crippen LogP contribution in [0.1, 0.15) is 12.1 Å². The molecule has 5 nitrogen and oxygen atoms in total. The molecule has 2 aromatic carbocycles. The lowest BCUT2D eigenvalue weighted by Gasteiger charge is -2.15. The summed E-state index contributed by atoms with van der Waals surface area (Å²) in [5, 5.41) is 9.70. The second-order valence-electron chi connectivity index (χ2n) is 6.29. The van der Waals surface area contributed by atoms with Crippen molar-refractivity contribution < 1.29 is 19.4 Å². The van der Waals surface area contributed by atoms with Crippen LogP contribution in [0.2, 0.25) is 5.02 Å². The van der Waals surface area contributed by atoms with Gasteiger partial charge in [-0.15, -0.1) is 0 Å². The smallest absolute Gasteiger partial charge is 0.303 e. The van der Waals surface area contributed by atoms with Gasteiger partial charge in [-0.3, -0.25) is 4.79 Å². The van der Waals surface area contributed by atoms with Crippen LogP contribution in [0.3, 0.4) is 0 Å². The minimum Gasteiger partial charge on any atom is -0.497 e. The van der Waals surface area contributed by atoms with E-state index in [9.17, 15) is 4.79 Å². The van der Waals surface area contributed by atoms with E-state index in [0.717, 1.165) is 28.5 Å². The highest BCUT2D eigenvalue weighted by Crippen LogP contribution is 2.26. The molecule has 0 saturated carbocycles. The zero-order valence-corrected chi connectivity index (χ0v) is 16.4. The van der Waals surface area contributed by atoms with E-state index < -0.39 is 5.97 Å². The Bertz CT molecular complexity index is 917. The van der Waals surface area contributed by atoms with Crippen LogP contribution in [-0.2, 0) is 17.8 Å². The molecule has 3 aromatic rings. The van der Waals surface area contributed by atoms with E-state index in [1.165, 1.54) is 0 Å². The fourth-order valence-electron chi connectivity index (χ4n) is 3.03. The van der Waals surface area contributed by atoms with Gasteiger partial charge in [-0.2, -0.15) is 0 Å².